The number of benzene rings is 1. The molecule has 27 heavy (non-hydrogen) atoms. The molecule has 0 bridgehead atoms. The Hall–Kier alpha value is -1.93. The fourth-order valence-corrected chi connectivity index (χ4v) is 3.49. The van der Waals surface area contributed by atoms with Crippen molar-refractivity contribution >= 4 is 5.97 Å². The Bertz CT molecular complexity index is 744. The van der Waals surface area contributed by atoms with Crippen molar-refractivity contribution in [3.05, 3.63) is 46.0 Å². The van der Waals surface area contributed by atoms with Gasteiger partial charge in [0, 0.05) is 13.0 Å². The summed E-state index contributed by atoms with van der Waals surface area (Å²) in [6, 6.07) is 0. The number of aliphatic hydroxyl groups is 1. The third-order valence-electron chi connectivity index (χ3n) is 5.13. The van der Waals surface area contributed by atoms with E-state index in [2.05, 4.69) is 4.74 Å². The Balaban J connectivity index is 2.19. The lowest BCUT2D eigenvalue weighted by molar-refractivity contribution is -0.147. The fraction of sp³-hybridized carbons (Fsp3) is 0.526. The van der Waals surface area contributed by atoms with Gasteiger partial charge in [-0.3, -0.25) is 4.79 Å². The molecular formula is C19H22F4O4. The van der Waals surface area contributed by atoms with Crippen LogP contribution in [-0.4, -0.2) is 24.8 Å². The highest BCUT2D eigenvalue weighted by Crippen LogP contribution is 2.62. The largest absolute Gasteiger partial charge is 0.460 e. The van der Waals surface area contributed by atoms with Gasteiger partial charge in [0.2, 0.25) is 0 Å². The maximum Gasteiger partial charge on any atom is 0.310 e. The normalized spacial score (nSPS) is 21.3. The molecule has 150 valence electrons. The highest BCUT2D eigenvalue weighted by molar-refractivity contribution is 5.78. The van der Waals surface area contributed by atoms with Gasteiger partial charge in [-0.05, 0) is 17.9 Å². The molecule has 0 heterocycles. The lowest BCUT2D eigenvalue weighted by Gasteiger charge is -2.12. The predicted molar refractivity (Wildman–Crippen MR) is 88.4 cm³/mol. The first-order valence-electron chi connectivity index (χ1n) is 8.38. The predicted octanol–water partition coefficient (Wildman–Crippen LogP) is 3.64. The summed E-state index contributed by atoms with van der Waals surface area (Å²) in [5, 5.41) is 9.37. The molecule has 2 unspecified atom stereocenters. The average Bonchev–Trinajstić information content (AvgIpc) is 3.20. The molecular weight excluding hydrogens is 368 g/mol. The van der Waals surface area contributed by atoms with Crippen LogP contribution < -0.4 is 0 Å². The molecule has 1 aromatic rings. The molecule has 1 saturated carbocycles. The van der Waals surface area contributed by atoms with Crippen molar-refractivity contribution < 1.29 is 36.9 Å². The highest BCUT2D eigenvalue weighted by Gasteiger charge is 2.63. The lowest BCUT2D eigenvalue weighted by atomic mass is 10.0. The quantitative estimate of drug-likeness (QED) is 0.334. The Kier molecular flexibility index (Phi) is 6.32. The van der Waals surface area contributed by atoms with E-state index in [1.807, 2.05) is 0 Å². The molecule has 0 radical (unpaired) electrons. The molecule has 0 spiro atoms. The van der Waals surface area contributed by atoms with Crippen LogP contribution in [0.1, 0.15) is 31.9 Å². The maximum absolute atomic E-state index is 14.1. The molecule has 0 aliphatic heterocycles. The molecule has 0 saturated heterocycles. The first-order chi connectivity index (χ1) is 12.6. The van der Waals surface area contributed by atoms with Crippen LogP contribution in [0.3, 0.4) is 0 Å². The highest BCUT2D eigenvalue weighted by atomic mass is 19.2. The van der Waals surface area contributed by atoms with Crippen molar-refractivity contribution in [2.24, 2.45) is 17.3 Å². The topological polar surface area (TPSA) is 55.8 Å². The van der Waals surface area contributed by atoms with Crippen LogP contribution in [0.2, 0.25) is 0 Å². The summed E-state index contributed by atoms with van der Waals surface area (Å²) in [5.74, 6) is -8.05. The number of halogens is 4. The van der Waals surface area contributed by atoms with Crippen LogP contribution in [0.4, 0.5) is 17.6 Å². The zero-order valence-electron chi connectivity index (χ0n) is 15.5. The summed E-state index contributed by atoms with van der Waals surface area (Å²) < 4.78 is 65.5. The Labute approximate surface area is 154 Å². The van der Waals surface area contributed by atoms with Gasteiger partial charge in [0.15, 0.2) is 23.3 Å². The van der Waals surface area contributed by atoms with Gasteiger partial charge < -0.3 is 14.6 Å². The summed E-state index contributed by atoms with van der Waals surface area (Å²) in [4.78, 5) is 12.3. The van der Waals surface area contributed by atoms with E-state index in [-0.39, 0.29) is 12.5 Å². The molecule has 1 aromatic carbocycles. The van der Waals surface area contributed by atoms with Crippen molar-refractivity contribution in [2.45, 2.75) is 34.0 Å². The molecule has 2 rings (SSSR count). The molecule has 1 N–H and O–H groups in total. The summed E-state index contributed by atoms with van der Waals surface area (Å²) in [6.07, 6.45) is 1.69. The van der Waals surface area contributed by atoms with Gasteiger partial charge in [0.05, 0.1) is 30.3 Å². The number of esters is 1. The zero-order chi connectivity index (χ0) is 20.5. The van der Waals surface area contributed by atoms with E-state index in [0.29, 0.717) is 5.57 Å². The number of hydrogen-bond acceptors (Lipinski definition) is 4. The van der Waals surface area contributed by atoms with Crippen molar-refractivity contribution in [1.82, 2.24) is 0 Å². The number of rotatable bonds is 7. The van der Waals surface area contributed by atoms with Gasteiger partial charge >= 0.3 is 5.97 Å². The molecule has 0 aromatic heterocycles. The number of carbonyl (C=O) groups is 1. The van der Waals surface area contributed by atoms with Crippen LogP contribution in [0.25, 0.3) is 0 Å². The third kappa shape index (κ3) is 3.73. The second-order valence-corrected chi connectivity index (χ2v) is 7.05. The number of carbonyl (C=O) groups excluding carboxylic acids is 1. The van der Waals surface area contributed by atoms with Gasteiger partial charge in [0.25, 0.3) is 0 Å². The first-order valence-corrected chi connectivity index (χ1v) is 8.38. The van der Waals surface area contributed by atoms with E-state index in [9.17, 15) is 27.5 Å². The van der Waals surface area contributed by atoms with Gasteiger partial charge in [0.1, 0.15) is 6.61 Å². The van der Waals surface area contributed by atoms with E-state index >= 15 is 0 Å². The standard InChI is InChI=1S/C19H22F4O4/c1-5-9(6-24)12-13(19(12,2)3)18(25)27-8-11-16(22)14(20)10(7-26-4)15(21)17(11)23/h5,12-13,24H,6-8H2,1-4H3/b9-5-. The lowest BCUT2D eigenvalue weighted by Crippen LogP contribution is -2.15. The van der Waals surface area contributed by atoms with Gasteiger partial charge in [-0.2, -0.15) is 0 Å². The molecule has 1 fully saturated rings. The molecule has 2 atom stereocenters. The summed E-state index contributed by atoms with van der Waals surface area (Å²) in [7, 11) is 1.13. The molecule has 1 aliphatic rings. The summed E-state index contributed by atoms with van der Waals surface area (Å²) in [6.45, 7) is 3.50. The van der Waals surface area contributed by atoms with Gasteiger partial charge in [-0.25, -0.2) is 17.6 Å². The number of methoxy groups -OCH3 is 1. The molecule has 1 aliphatic carbocycles. The minimum absolute atomic E-state index is 0.227. The minimum Gasteiger partial charge on any atom is -0.460 e. The number of aliphatic hydroxyl groups excluding tert-OH is 1. The van der Waals surface area contributed by atoms with E-state index in [4.69, 9.17) is 4.74 Å². The summed E-state index contributed by atoms with van der Waals surface area (Å²) in [5.41, 5.74) is -1.72. The van der Waals surface area contributed by atoms with E-state index < -0.39 is 64.9 Å². The zero-order valence-corrected chi connectivity index (χ0v) is 15.5. The first kappa shape index (κ1) is 21.4. The smallest absolute Gasteiger partial charge is 0.310 e. The van der Waals surface area contributed by atoms with Crippen molar-refractivity contribution in [2.75, 3.05) is 13.7 Å². The van der Waals surface area contributed by atoms with E-state index in [1.54, 1.807) is 26.8 Å². The van der Waals surface area contributed by atoms with E-state index in [0.717, 1.165) is 7.11 Å². The average molecular weight is 390 g/mol. The second kappa shape index (κ2) is 7.98. The SMILES string of the molecule is C/C=C(/CO)C1C(C(=O)OCc2c(F)c(F)c(COC)c(F)c2F)C1(C)C. The van der Waals surface area contributed by atoms with Crippen LogP contribution in [0.5, 0.6) is 0 Å². The minimum atomic E-state index is -1.62. The van der Waals surface area contributed by atoms with Crippen LogP contribution in [0.15, 0.2) is 11.6 Å². The number of ether oxygens (including phenoxy) is 2. The fourth-order valence-electron chi connectivity index (χ4n) is 3.49. The van der Waals surface area contributed by atoms with Crippen LogP contribution >= 0.6 is 0 Å². The summed E-state index contributed by atoms with van der Waals surface area (Å²) >= 11 is 0. The monoisotopic (exact) mass is 390 g/mol. The number of allylic oxidation sites excluding steroid dienone is 1. The van der Waals surface area contributed by atoms with Crippen molar-refractivity contribution in [1.29, 1.82) is 0 Å². The second-order valence-electron chi connectivity index (χ2n) is 7.05. The molecule has 4 nitrogen and oxygen atoms in total. The van der Waals surface area contributed by atoms with E-state index in [1.165, 1.54) is 0 Å². The maximum atomic E-state index is 14.1. The van der Waals surface area contributed by atoms with Crippen molar-refractivity contribution in [3.8, 4) is 0 Å². The molecule has 0 amide bonds. The van der Waals surface area contributed by atoms with Crippen LogP contribution in [0, 0.1) is 40.5 Å². The Morgan fingerprint density at radius 2 is 1.52 bits per heavy atom. The van der Waals surface area contributed by atoms with Gasteiger partial charge in [-0.1, -0.05) is 19.9 Å². The number of hydrogen-bond donors (Lipinski definition) is 1. The molecule has 8 heteroatoms. The van der Waals surface area contributed by atoms with Gasteiger partial charge in [-0.15, -0.1) is 0 Å². The Morgan fingerprint density at radius 1 is 1.04 bits per heavy atom. The van der Waals surface area contributed by atoms with Crippen molar-refractivity contribution in [3.63, 3.8) is 0 Å². The van der Waals surface area contributed by atoms with Crippen LogP contribution in [-0.2, 0) is 27.5 Å². The Morgan fingerprint density at radius 3 is 1.93 bits per heavy atom. The third-order valence-corrected chi connectivity index (χ3v) is 5.13.